The topological polar surface area (TPSA) is 77.8 Å². The van der Waals surface area contributed by atoms with E-state index in [1.165, 1.54) is 11.1 Å². The predicted molar refractivity (Wildman–Crippen MR) is 129 cm³/mol. The first-order valence-electron chi connectivity index (χ1n) is 13.2. The van der Waals surface area contributed by atoms with Crippen LogP contribution in [0.1, 0.15) is 92.9 Å². The van der Waals surface area contributed by atoms with Gasteiger partial charge in [-0.1, -0.05) is 57.9 Å². The summed E-state index contributed by atoms with van der Waals surface area (Å²) in [6.45, 7) is 13.8. The highest BCUT2D eigenvalue weighted by Crippen LogP contribution is 2.75. The number of allylic oxidation sites excluding steroid dienone is 4. The predicted octanol–water partition coefficient (Wildman–Crippen LogP) is 5.73. The summed E-state index contributed by atoms with van der Waals surface area (Å²) in [7, 11) is 0. The van der Waals surface area contributed by atoms with Crippen LogP contribution >= 0.6 is 0 Å². The molecule has 4 nitrogen and oxygen atoms in total. The Morgan fingerprint density at radius 1 is 1.00 bits per heavy atom. The minimum atomic E-state index is -0.682. The molecule has 0 bridgehead atoms. The quantitative estimate of drug-likeness (QED) is 0.440. The number of carbonyl (C=O) groups is 1. The number of hydrogen-bond donors (Lipinski definition) is 3. The van der Waals surface area contributed by atoms with Crippen LogP contribution in [0.5, 0.6) is 0 Å². The Balaban J connectivity index is 1.61. The average Bonchev–Trinajstić information content (AvgIpc) is 2.72. The highest BCUT2D eigenvalue weighted by Gasteiger charge is 2.69. The summed E-state index contributed by atoms with van der Waals surface area (Å²) in [6.07, 6.45) is 10.3. The van der Waals surface area contributed by atoms with Gasteiger partial charge in [0.25, 0.3) is 0 Å². The molecule has 33 heavy (non-hydrogen) atoms. The molecule has 184 valence electrons. The Bertz CT molecular complexity index is 932. The van der Waals surface area contributed by atoms with Gasteiger partial charge in [0.15, 0.2) is 0 Å². The molecule has 0 heterocycles. The molecular weight excluding hydrogens is 412 g/mol. The maximum Gasteiger partial charge on any atom is 0.310 e. The molecule has 5 aliphatic rings. The van der Waals surface area contributed by atoms with Gasteiger partial charge in [0.05, 0.1) is 17.6 Å². The molecule has 3 N–H and O–H groups in total. The third-order valence-electron chi connectivity index (χ3n) is 12.3. The monoisotopic (exact) mass is 456 g/mol. The molecule has 0 radical (unpaired) electrons. The van der Waals surface area contributed by atoms with Crippen LogP contribution in [-0.2, 0) is 4.79 Å². The number of hydrogen-bond acceptors (Lipinski definition) is 3. The van der Waals surface area contributed by atoms with Gasteiger partial charge in [-0.3, -0.25) is 4.79 Å². The number of aliphatic hydroxyl groups is 2. The summed E-state index contributed by atoms with van der Waals surface area (Å²) in [5.41, 5.74) is 1.80. The van der Waals surface area contributed by atoms with Crippen LogP contribution in [0, 0.1) is 44.8 Å². The van der Waals surface area contributed by atoms with E-state index < -0.39 is 23.6 Å². The summed E-state index contributed by atoms with van der Waals surface area (Å²) in [4.78, 5) is 12.6. The second-order valence-corrected chi connectivity index (χ2v) is 13.8. The lowest BCUT2D eigenvalue weighted by molar-refractivity contribution is -0.230. The van der Waals surface area contributed by atoms with Gasteiger partial charge in [-0.25, -0.2) is 0 Å². The number of rotatable bonds is 1. The van der Waals surface area contributed by atoms with E-state index in [4.69, 9.17) is 0 Å². The Morgan fingerprint density at radius 3 is 2.36 bits per heavy atom. The Kier molecular flexibility index (Phi) is 4.98. The van der Waals surface area contributed by atoms with Crippen molar-refractivity contribution in [2.45, 2.75) is 105 Å². The normalized spacial score (nSPS) is 52.9. The summed E-state index contributed by atoms with van der Waals surface area (Å²) in [5.74, 6) is 0.281. The molecule has 0 aromatic carbocycles. The minimum Gasteiger partial charge on any atom is -0.481 e. The van der Waals surface area contributed by atoms with Crippen LogP contribution in [0.25, 0.3) is 0 Å². The molecule has 0 saturated heterocycles. The first kappa shape index (κ1) is 23.6. The smallest absolute Gasteiger partial charge is 0.310 e. The number of carboxylic acid groups (broad SMARTS) is 1. The zero-order valence-electron chi connectivity index (χ0n) is 21.4. The van der Waals surface area contributed by atoms with Crippen molar-refractivity contribution in [2.75, 3.05) is 0 Å². The number of aliphatic carboxylic acids is 1. The number of fused-ring (bicyclic) bond motifs is 7. The Labute approximate surface area is 199 Å². The standard InChI is InChI=1S/C29H44O4/c1-17-9-12-29(24(32)33)14-13-27(5)18(19(29)15-17)7-8-22-26(4)16-20(30)23(31)25(2,3)21(26)10-11-28(22,27)6/h7,9,19-23,30-31H,8,10-16H2,1-6H3,(H,32,33)/t19-,20+,21-,22+,23-,26-,27+,28+,29-/m0/s1. The molecular formula is C29H44O4. The van der Waals surface area contributed by atoms with Crippen molar-refractivity contribution in [1.82, 2.24) is 0 Å². The van der Waals surface area contributed by atoms with Crippen molar-refractivity contribution in [2.24, 2.45) is 44.8 Å². The third kappa shape index (κ3) is 2.74. The molecule has 4 heteroatoms. The van der Waals surface area contributed by atoms with Gasteiger partial charge in [-0.2, -0.15) is 0 Å². The van der Waals surface area contributed by atoms with Gasteiger partial charge < -0.3 is 15.3 Å². The second-order valence-electron chi connectivity index (χ2n) is 13.8. The van der Waals surface area contributed by atoms with Crippen molar-refractivity contribution < 1.29 is 20.1 Å². The lowest BCUT2D eigenvalue weighted by Crippen LogP contribution is -2.66. The largest absolute Gasteiger partial charge is 0.481 e. The van der Waals surface area contributed by atoms with E-state index in [2.05, 4.69) is 53.7 Å². The van der Waals surface area contributed by atoms with E-state index in [0.717, 1.165) is 38.5 Å². The van der Waals surface area contributed by atoms with Crippen LogP contribution in [0.3, 0.4) is 0 Å². The molecule has 0 aromatic rings. The molecule has 9 atom stereocenters. The molecule has 3 saturated carbocycles. The minimum absolute atomic E-state index is 0.0176. The van der Waals surface area contributed by atoms with Crippen LogP contribution in [-0.4, -0.2) is 33.5 Å². The lowest BCUT2D eigenvalue weighted by Gasteiger charge is -2.71. The van der Waals surface area contributed by atoms with Gasteiger partial charge >= 0.3 is 5.97 Å². The molecule has 0 aromatic heterocycles. The van der Waals surface area contributed by atoms with Gasteiger partial charge in [0.2, 0.25) is 0 Å². The summed E-state index contributed by atoms with van der Waals surface area (Å²) >= 11 is 0. The van der Waals surface area contributed by atoms with Gasteiger partial charge in [0, 0.05) is 5.92 Å². The van der Waals surface area contributed by atoms with E-state index in [1.807, 2.05) is 0 Å². The van der Waals surface area contributed by atoms with E-state index in [-0.39, 0.29) is 27.6 Å². The van der Waals surface area contributed by atoms with Gasteiger partial charge in [0.1, 0.15) is 0 Å². The number of carboxylic acids is 1. The fraction of sp³-hybridized carbons (Fsp3) is 0.828. The molecule has 3 fully saturated rings. The molecule has 5 rings (SSSR count). The molecule has 0 aliphatic heterocycles. The van der Waals surface area contributed by atoms with Gasteiger partial charge in [-0.05, 0) is 91.8 Å². The summed E-state index contributed by atoms with van der Waals surface area (Å²) in [6, 6.07) is 0. The first-order valence-corrected chi connectivity index (χ1v) is 13.2. The van der Waals surface area contributed by atoms with Crippen LogP contribution < -0.4 is 0 Å². The van der Waals surface area contributed by atoms with E-state index in [9.17, 15) is 20.1 Å². The first-order chi connectivity index (χ1) is 15.2. The molecule has 0 unspecified atom stereocenters. The van der Waals surface area contributed by atoms with Crippen LogP contribution in [0.2, 0.25) is 0 Å². The van der Waals surface area contributed by atoms with Crippen molar-refractivity contribution in [3.8, 4) is 0 Å². The third-order valence-corrected chi connectivity index (χ3v) is 12.3. The fourth-order valence-corrected chi connectivity index (χ4v) is 10.2. The van der Waals surface area contributed by atoms with Crippen molar-refractivity contribution >= 4 is 5.97 Å². The van der Waals surface area contributed by atoms with E-state index >= 15 is 0 Å². The SMILES string of the molecule is CC1=CC[C@]2(C(=O)O)CC[C@]3(C)C(=CC[C@@H]4[C@@]5(C)C[C@@H](O)[C@H](O)C(C)(C)[C@@H]5CC[C@]43C)[C@@H]2C1. The highest BCUT2D eigenvalue weighted by atomic mass is 16.4. The maximum absolute atomic E-state index is 12.6. The fourth-order valence-electron chi connectivity index (χ4n) is 10.2. The van der Waals surface area contributed by atoms with E-state index in [1.54, 1.807) is 0 Å². The van der Waals surface area contributed by atoms with Crippen LogP contribution in [0.15, 0.2) is 23.3 Å². The highest BCUT2D eigenvalue weighted by molar-refractivity contribution is 5.77. The maximum atomic E-state index is 12.6. The van der Waals surface area contributed by atoms with Crippen molar-refractivity contribution in [3.05, 3.63) is 23.3 Å². The van der Waals surface area contributed by atoms with Gasteiger partial charge in [-0.15, -0.1) is 0 Å². The van der Waals surface area contributed by atoms with E-state index in [0.29, 0.717) is 24.7 Å². The molecule has 0 amide bonds. The van der Waals surface area contributed by atoms with Crippen molar-refractivity contribution in [1.29, 1.82) is 0 Å². The Morgan fingerprint density at radius 2 is 1.70 bits per heavy atom. The zero-order valence-corrected chi connectivity index (χ0v) is 21.4. The Hall–Kier alpha value is -1.13. The molecule has 5 aliphatic carbocycles. The van der Waals surface area contributed by atoms with Crippen molar-refractivity contribution in [3.63, 3.8) is 0 Å². The summed E-state index contributed by atoms with van der Waals surface area (Å²) in [5, 5.41) is 32.2. The summed E-state index contributed by atoms with van der Waals surface area (Å²) < 4.78 is 0. The second kappa shape index (κ2) is 6.97. The average molecular weight is 457 g/mol. The molecule has 0 spiro atoms. The number of aliphatic hydroxyl groups excluding tert-OH is 2. The zero-order chi connectivity index (χ0) is 24.2. The lowest BCUT2D eigenvalue weighted by atomic mass is 9.34. The van der Waals surface area contributed by atoms with Crippen LogP contribution in [0.4, 0.5) is 0 Å².